The first kappa shape index (κ1) is 7.55. The molecule has 1 aliphatic rings. The molecular formula is C9H9IO. The van der Waals surface area contributed by atoms with Gasteiger partial charge in [-0.15, -0.1) is 0 Å². The topological polar surface area (TPSA) is 20.2 Å². The number of fused-ring (bicyclic) bond motifs is 1. The Bertz CT molecular complexity index is 283. The summed E-state index contributed by atoms with van der Waals surface area (Å²) in [6.07, 6.45) is 1.72. The Morgan fingerprint density at radius 2 is 2.27 bits per heavy atom. The summed E-state index contributed by atoms with van der Waals surface area (Å²) in [6, 6.07) is 6.29. The molecule has 0 amide bonds. The Morgan fingerprint density at radius 3 is 3.09 bits per heavy atom. The fraction of sp³-hybridized carbons (Fsp3) is 0.333. The maximum absolute atomic E-state index is 9.50. The van der Waals surface area contributed by atoms with E-state index in [4.69, 9.17) is 0 Å². The van der Waals surface area contributed by atoms with Gasteiger partial charge in [-0.2, -0.15) is 0 Å². The highest BCUT2D eigenvalue weighted by atomic mass is 127. The molecule has 1 aromatic rings. The first-order valence-corrected chi connectivity index (χ1v) is 4.81. The smallest absolute Gasteiger partial charge is 0.0796 e. The number of hydrogen-bond donors (Lipinski definition) is 1. The quantitative estimate of drug-likeness (QED) is 0.709. The average Bonchev–Trinajstić information content (AvgIpc) is 2.33. The van der Waals surface area contributed by atoms with Crippen LogP contribution >= 0.6 is 22.6 Å². The minimum absolute atomic E-state index is 0.209. The average molecular weight is 260 g/mol. The van der Waals surface area contributed by atoms with Crippen molar-refractivity contribution < 1.29 is 5.11 Å². The fourth-order valence-electron chi connectivity index (χ4n) is 1.55. The third-order valence-corrected chi connectivity index (χ3v) is 2.83. The van der Waals surface area contributed by atoms with Crippen LogP contribution in [-0.2, 0) is 6.42 Å². The predicted molar refractivity (Wildman–Crippen MR) is 52.4 cm³/mol. The van der Waals surface area contributed by atoms with E-state index in [0.717, 1.165) is 18.4 Å². The van der Waals surface area contributed by atoms with E-state index in [1.807, 2.05) is 0 Å². The molecule has 0 fully saturated rings. The lowest BCUT2D eigenvalue weighted by molar-refractivity contribution is 0.180. The third kappa shape index (κ3) is 1.29. The monoisotopic (exact) mass is 260 g/mol. The third-order valence-electron chi connectivity index (χ3n) is 2.15. The second kappa shape index (κ2) is 2.75. The highest BCUT2D eigenvalue weighted by molar-refractivity contribution is 14.1. The molecule has 58 valence electrons. The zero-order chi connectivity index (χ0) is 7.84. The van der Waals surface area contributed by atoms with Crippen LogP contribution in [0.2, 0.25) is 0 Å². The molecule has 0 aliphatic heterocycles. The van der Waals surface area contributed by atoms with Crippen LogP contribution in [0.5, 0.6) is 0 Å². The number of aliphatic hydroxyl groups is 1. The molecule has 0 spiro atoms. The van der Waals surface area contributed by atoms with Crippen LogP contribution < -0.4 is 0 Å². The van der Waals surface area contributed by atoms with E-state index < -0.39 is 0 Å². The highest BCUT2D eigenvalue weighted by Crippen LogP contribution is 2.31. The molecule has 1 atom stereocenters. The van der Waals surface area contributed by atoms with Crippen LogP contribution in [0.1, 0.15) is 23.7 Å². The van der Waals surface area contributed by atoms with E-state index >= 15 is 0 Å². The molecule has 0 bridgehead atoms. The van der Waals surface area contributed by atoms with Gasteiger partial charge in [0.15, 0.2) is 0 Å². The number of benzene rings is 1. The maximum Gasteiger partial charge on any atom is 0.0796 e. The van der Waals surface area contributed by atoms with Crippen molar-refractivity contribution in [1.82, 2.24) is 0 Å². The number of aliphatic hydroxyl groups excluding tert-OH is 1. The van der Waals surface area contributed by atoms with Gasteiger partial charge in [0, 0.05) is 3.57 Å². The lowest BCUT2D eigenvalue weighted by atomic mass is 10.1. The molecular weight excluding hydrogens is 251 g/mol. The first-order chi connectivity index (χ1) is 5.27. The normalized spacial score (nSPS) is 21.8. The fourth-order valence-corrected chi connectivity index (χ4v) is 2.07. The summed E-state index contributed by atoms with van der Waals surface area (Å²) >= 11 is 2.27. The molecule has 0 heterocycles. The molecule has 0 saturated carbocycles. The Morgan fingerprint density at radius 1 is 1.45 bits per heavy atom. The Kier molecular flexibility index (Phi) is 1.89. The molecule has 0 saturated heterocycles. The van der Waals surface area contributed by atoms with E-state index in [1.165, 1.54) is 9.13 Å². The molecule has 1 aromatic carbocycles. The van der Waals surface area contributed by atoms with Crippen molar-refractivity contribution >= 4 is 22.6 Å². The molecule has 1 unspecified atom stereocenters. The van der Waals surface area contributed by atoms with Crippen LogP contribution in [0.4, 0.5) is 0 Å². The van der Waals surface area contributed by atoms with Crippen molar-refractivity contribution in [3.8, 4) is 0 Å². The molecule has 0 aromatic heterocycles. The van der Waals surface area contributed by atoms with Crippen molar-refractivity contribution in [1.29, 1.82) is 0 Å². The van der Waals surface area contributed by atoms with E-state index in [1.54, 1.807) is 0 Å². The lowest BCUT2D eigenvalue weighted by Gasteiger charge is -2.02. The van der Waals surface area contributed by atoms with Crippen LogP contribution in [0.3, 0.4) is 0 Å². The molecule has 2 heteroatoms. The molecule has 11 heavy (non-hydrogen) atoms. The van der Waals surface area contributed by atoms with Gasteiger partial charge in [-0.1, -0.05) is 6.07 Å². The standard InChI is InChI=1S/C9H9IO/c10-7-3-1-6-2-4-9(11)8(6)5-7/h1,3,5,9,11H,2,4H2. The lowest BCUT2D eigenvalue weighted by Crippen LogP contribution is -1.90. The van der Waals surface area contributed by atoms with Gasteiger partial charge in [-0.05, 0) is 58.7 Å². The summed E-state index contributed by atoms with van der Waals surface area (Å²) in [5.41, 5.74) is 2.45. The molecule has 1 nitrogen and oxygen atoms in total. The second-order valence-corrected chi connectivity index (χ2v) is 4.14. The molecule has 0 radical (unpaired) electrons. The van der Waals surface area contributed by atoms with Crippen LogP contribution in [0.25, 0.3) is 0 Å². The van der Waals surface area contributed by atoms with Gasteiger partial charge < -0.3 is 5.11 Å². The highest BCUT2D eigenvalue weighted by Gasteiger charge is 2.19. The number of hydrogen-bond acceptors (Lipinski definition) is 1. The molecule has 2 rings (SSSR count). The zero-order valence-electron chi connectivity index (χ0n) is 6.05. The second-order valence-electron chi connectivity index (χ2n) is 2.90. The minimum atomic E-state index is -0.209. The van der Waals surface area contributed by atoms with Crippen molar-refractivity contribution in [3.05, 3.63) is 32.9 Å². The van der Waals surface area contributed by atoms with Crippen molar-refractivity contribution in [2.24, 2.45) is 0 Å². The van der Waals surface area contributed by atoms with Gasteiger partial charge in [0.25, 0.3) is 0 Å². The summed E-state index contributed by atoms with van der Waals surface area (Å²) in [5, 5.41) is 9.50. The van der Waals surface area contributed by atoms with Crippen molar-refractivity contribution in [2.45, 2.75) is 18.9 Å². The SMILES string of the molecule is OC1CCc2ccc(I)cc21. The molecule has 1 aliphatic carbocycles. The number of aryl methyl sites for hydroxylation is 1. The van der Waals surface area contributed by atoms with E-state index in [9.17, 15) is 5.11 Å². The van der Waals surface area contributed by atoms with Gasteiger partial charge in [-0.25, -0.2) is 0 Å². The van der Waals surface area contributed by atoms with Crippen LogP contribution in [0, 0.1) is 3.57 Å². The zero-order valence-corrected chi connectivity index (χ0v) is 8.21. The van der Waals surface area contributed by atoms with Gasteiger partial charge in [0.1, 0.15) is 0 Å². The van der Waals surface area contributed by atoms with E-state index in [0.29, 0.717) is 0 Å². The molecule has 1 N–H and O–H groups in total. The van der Waals surface area contributed by atoms with Gasteiger partial charge in [-0.3, -0.25) is 0 Å². The summed E-state index contributed by atoms with van der Waals surface area (Å²) in [4.78, 5) is 0. The minimum Gasteiger partial charge on any atom is -0.388 e. The maximum atomic E-state index is 9.50. The van der Waals surface area contributed by atoms with Gasteiger partial charge >= 0.3 is 0 Å². The summed E-state index contributed by atoms with van der Waals surface area (Å²) in [6.45, 7) is 0. The summed E-state index contributed by atoms with van der Waals surface area (Å²) in [7, 11) is 0. The Balaban J connectivity index is 2.52. The number of halogens is 1. The van der Waals surface area contributed by atoms with E-state index in [-0.39, 0.29) is 6.10 Å². The van der Waals surface area contributed by atoms with Crippen LogP contribution in [-0.4, -0.2) is 5.11 Å². The van der Waals surface area contributed by atoms with Gasteiger partial charge in [0.2, 0.25) is 0 Å². The van der Waals surface area contributed by atoms with Crippen molar-refractivity contribution in [2.75, 3.05) is 0 Å². The Hall–Kier alpha value is -0.0900. The summed E-state index contributed by atoms with van der Waals surface area (Å²) < 4.78 is 1.21. The van der Waals surface area contributed by atoms with Crippen molar-refractivity contribution in [3.63, 3.8) is 0 Å². The van der Waals surface area contributed by atoms with Gasteiger partial charge in [0.05, 0.1) is 6.10 Å². The summed E-state index contributed by atoms with van der Waals surface area (Å²) in [5.74, 6) is 0. The first-order valence-electron chi connectivity index (χ1n) is 3.74. The largest absolute Gasteiger partial charge is 0.388 e. The van der Waals surface area contributed by atoms with E-state index in [2.05, 4.69) is 40.8 Å². The number of rotatable bonds is 0. The van der Waals surface area contributed by atoms with Crippen LogP contribution in [0.15, 0.2) is 18.2 Å². The predicted octanol–water partition coefficient (Wildman–Crippen LogP) is 2.27. The Labute approximate surface area is 79.6 Å².